The summed E-state index contributed by atoms with van der Waals surface area (Å²) in [5.74, 6) is 0.596. The number of phenolic OH excluding ortho intramolecular Hbond substituents is 1. The number of ether oxygens (including phenoxy) is 3. The van der Waals surface area contributed by atoms with Crippen LogP contribution in [0.4, 0.5) is 0 Å². The number of phenols is 1. The van der Waals surface area contributed by atoms with E-state index in [4.69, 9.17) is 14.2 Å². The summed E-state index contributed by atoms with van der Waals surface area (Å²) in [6, 6.07) is 3.52. The van der Waals surface area contributed by atoms with Crippen molar-refractivity contribution in [3.05, 3.63) is 17.7 Å². The number of Topliss-reactive ketones (excluding diaryl/α,β-unsaturated/α-hetero) is 1. The molecular weight excluding hydrogens is 436 g/mol. The third-order valence-electron chi connectivity index (χ3n) is 7.27. The van der Waals surface area contributed by atoms with Crippen molar-refractivity contribution >= 4 is 11.7 Å². The van der Waals surface area contributed by atoms with Crippen LogP contribution in [0.25, 0.3) is 0 Å². The van der Waals surface area contributed by atoms with Crippen molar-refractivity contribution in [2.75, 3.05) is 46.5 Å². The van der Waals surface area contributed by atoms with Crippen LogP contribution < -0.4 is 9.47 Å². The van der Waals surface area contributed by atoms with Crippen LogP contribution in [0, 0.1) is 5.92 Å². The second-order valence-corrected chi connectivity index (χ2v) is 10.4. The Kier molecular flexibility index (Phi) is 7.67. The molecule has 0 aliphatic carbocycles. The van der Waals surface area contributed by atoms with Gasteiger partial charge in [0.25, 0.3) is 5.91 Å². The maximum atomic E-state index is 13.2. The Bertz CT molecular complexity index is 900. The molecule has 34 heavy (non-hydrogen) atoms. The van der Waals surface area contributed by atoms with Gasteiger partial charge in [-0.2, -0.15) is 0 Å². The first kappa shape index (κ1) is 24.8. The van der Waals surface area contributed by atoms with Crippen molar-refractivity contribution in [1.82, 2.24) is 9.80 Å². The van der Waals surface area contributed by atoms with E-state index in [-0.39, 0.29) is 36.0 Å². The van der Waals surface area contributed by atoms with Crippen LogP contribution in [0.3, 0.4) is 0 Å². The van der Waals surface area contributed by atoms with Crippen molar-refractivity contribution < 1.29 is 28.9 Å². The number of carbonyl (C=O) groups excluding carboxylic acids is 2. The van der Waals surface area contributed by atoms with E-state index >= 15 is 0 Å². The molecule has 2 unspecified atom stereocenters. The highest BCUT2D eigenvalue weighted by Gasteiger charge is 2.36. The van der Waals surface area contributed by atoms with Gasteiger partial charge in [-0.1, -0.05) is 6.42 Å². The average Bonchev–Trinajstić information content (AvgIpc) is 2.78. The van der Waals surface area contributed by atoms with Crippen LogP contribution in [0.2, 0.25) is 0 Å². The fourth-order valence-corrected chi connectivity index (χ4v) is 5.66. The van der Waals surface area contributed by atoms with Gasteiger partial charge in [-0.25, -0.2) is 0 Å². The monoisotopic (exact) mass is 474 g/mol. The summed E-state index contributed by atoms with van der Waals surface area (Å²) in [6.07, 6.45) is 6.24. The maximum Gasteiger partial charge on any atom is 0.260 e. The number of benzene rings is 1. The third-order valence-corrected chi connectivity index (χ3v) is 7.27. The lowest BCUT2D eigenvalue weighted by Gasteiger charge is -2.45. The lowest BCUT2D eigenvalue weighted by Crippen LogP contribution is -2.52. The quantitative estimate of drug-likeness (QED) is 0.619. The van der Waals surface area contributed by atoms with Crippen molar-refractivity contribution in [1.29, 1.82) is 0 Å². The SMILES string of the molecule is COCCN(CC1CCCN2CCCCC12)C(=O)COc1cc(O)c2c(c1)OC(C)(C)CC2=O. The van der Waals surface area contributed by atoms with E-state index < -0.39 is 5.60 Å². The molecule has 3 aliphatic heterocycles. The number of methoxy groups -OCH3 is 1. The van der Waals surface area contributed by atoms with Gasteiger partial charge >= 0.3 is 0 Å². The predicted molar refractivity (Wildman–Crippen MR) is 128 cm³/mol. The molecule has 2 fully saturated rings. The molecule has 188 valence electrons. The number of rotatable bonds is 8. The van der Waals surface area contributed by atoms with Crippen molar-refractivity contribution in [2.45, 2.75) is 64.0 Å². The largest absolute Gasteiger partial charge is 0.507 e. The van der Waals surface area contributed by atoms with Crippen LogP contribution in [0.1, 0.15) is 62.7 Å². The first-order valence-electron chi connectivity index (χ1n) is 12.5. The van der Waals surface area contributed by atoms with Gasteiger partial charge in [-0.05, 0) is 58.5 Å². The fourth-order valence-electron chi connectivity index (χ4n) is 5.66. The number of amides is 1. The molecule has 4 rings (SSSR count). The van der Waals surface area contributed by atoms with Crippen LogP contribution in [-0.4, -0.2) is 84.7 Å². The first-order chi connectivity index (χ1) is 16.3. The fraction of sp³-hybridized carbons (Fsp3) is 0.692. The van der Waals surface area contributed by atoms with E-state index in [0.29, 0.717) is 43.2 Å². The van der Waals surface area contributed by atoms with Gasteiger partial charge in [0.05, 0.1) is 13.0 Å². The molecule has 1 aromatic carbocycles. The van der Waals surface area contributed by atoms with Gasteiger partial charge in [0.1, 0.15) is 28.4 Å². The zero-order valence-corrected chi connectivity index (χ0v) is 20.7. The molecule has 8 heteroatoms. The lowest BCUT2D eigenvalue weighted by molar-refractivity contribution is -0.135. The molecule has 3 aliphatic rings. The number of nitrogens with zero attached hydrogens (tertiary/aromatic N) is 2. The van der Waals surface area contributed by atoms with Crippen molar-refractivity contribution in [3.8, 4) is 17.2 Å². The van der Waals surface area contributed by atoms with Gasteiger partial charge < -0.3 is 29.1 Å². The minimum Gasteiger partial charge on any atom is -0.507 e. The Balaban J connectivity index is 1.42. The van der Waals surface area contributed by atoms with Crippen LogP contribution in [0.15, 0.2) is 12.1 Å². The number of fused-ring (bicyclic) bond motifs is 2. The van der Waals surface area contributed by atoms with Gasteiger partial charge in [0.15, 0.2) is 12.4 Å². The molecule has 3 heterocycles. The van der Waals surface area contributed by atoms with Crippen molar-refractivity contribution in [3.63, 3.8) is 0 Å². The first-order valence-corrected chi connectivity index (χ1v) is 12.5. The predicted octanol–water partition coefficient (Wildman–Crippen LogP) is 3.25. The molecule has 2 atom stereocenters. The standard InChI is InChI=1S/C26H38N2O6/c1-26(2)15-22(30)25-21(29)13-19(14-23(25)34-26)33-17-24(31)28(11-12-32-3)16-18-7-6-10-27-9-5-4-8-20(18)27/h13-14,18,20,29H,4-12,15-17H2,1-3H3. The minimum absolute atomic E-state index is 0.112. The van der Waals surface area contributed by atoms with E-state index in [9.17, 15) is 14.7 Å². The summed E-state index contributed by atoms with van der Waals surface area (Å²) in [5.41, 5.74) is -0.483. The Morgan fingerprint density at radius 3 is 2.82 bits per heavy atom. The minimum atomic E-state index is -0.658. The van der Waals surface area contributed by atoms with E-state index in [1.165, 1.54) is 44.8 Å². The van der Waals surface area contributed by atoms with Gasteiger partial charge in [0.2, 0.25) is 0 Å². The van der Waals surface area contributed by atoms with Gasteiger partial charge in [-0.3, -0.25) is 9.59 Å². The summed E-state index contributed by atoms with van der Waals surface area (Å²) in [7, 11) is 1.64. The molecule has 0 spiro atoms. The van der Waals surface area contributed by atoms with Crippen LogP contribution in [0.5, 0.6) is 17.2 Å². The zero-order valence-electron chi connectivity index (χ0n) is 20.7. The average molecular weight is 475 g/mol. The molecule has 1 amide bonds. The van der Waals surface area contributed by atoms with Gasteiger partial charge in [0, 0.05) is 38.4 Å². The lowest BCUT2D eigenvalue weighted by atomic mass is 9.83. The number of ketones is 1. The third kappa shape index (κ3) is 5.66. The van der Waals surface area contributed by atoms with Gasteiger partial charge in [-0.15, -0.1) is 0 Å². The summed E-state index contributed by atoms with van der Waals surface area (Å²) >= 11 is 0. The van der Waals surface area contributed by atoms with Crippen LogP contribution >= 0.6 is 0 Å². The van der Waals surface area contributed by atoms with E-state index in [1.54, 1.807) is 13.2 Å². The Labute approximate surface area is 202 Å². The highest BCUT2D eigenvalue weighted by Crippen LogP contribution is 2.41. The summed E-state index contributed by atoms with van der Waals surface area (Å²) < 4.78 is 16.9. The molecule has 0 bridgehead atoms. The van der Waals surface area contributed by atoms with Crippen LogP contribution in [-0.2, 0) is 9.53 Å². The Morgan fingerprint density at radius 1 is 1.24 bits per heavy atom. The second kappa shape index (κ2) is 10.5. The van der Waals surface area contributed by atoms with Crippen molar-refractivity contribution in [2.24, 2.45) is 5.92 Å². The molecule has 0 radical (unpaired) electrons. The molecule has 0 saturated carbocycles. The topological polar surface area (TPSA) is 88.5 Å². The molecule has 8 nitrogen and oxygen atoms in total. The number of hydrogen-bond acceptors (Lipinski definition) is 7. The maximum absolute atomic E-state index is 13.2. The Morgan fingerprint density at radius 2 is 2.03 bits per heavy atom. The van der Waals surface area contributed by atoms with E-state index in [0.717, 1.165) is 6.42 Å². The number of aromatic hydroxyl groups is 1. The zero-order chi connectivity index (χ0) is 24.3. The summed E-state index contributed by atoms with van der Waals surface area (Å²) in [6.45, 7) is 7.52. The Hall–Kier alpha value is -2.32. The highest BCUT2D eigenvalue weighted by molar-refractivity contribution is 6.03. The summed E-state index contributed by atoms with van der Waals surface area (Å²) in [4.78, 5) is 30.0. The summed E-state index contributed by atoms with van der Waals surface area (Å²) in [5, 5.41) is 10.4. The molecule has 1 N–H and O–H groups in total. The molecule has 2 saturated heterocycles. The smallest absolute Gasteiger partial charge is 0.260 e. The number of carbonyl (C=O) groups is 2. The number of piperidine rings is 2. The second-order valence-electron chi connectivity index (χ2n) is 10.4. The van der Waals surface area contributed by atoms with E-state index in [2.05, 4.69) is 4.90 Å². The molecule has 0 aromatic heterocycles. The highest BCUT2D eigenvalue weighted by atomic mass is 16.5. The molecular formula is C26H38N2O6. The van der Waals surface area contributed by atoms with E-state index in [1.807, 2.05) is 18.7 Å². The normalized spacial score (nSPS) is 24.0. The number of hydrogen-bond donors (Lipinski definition) is 1. The molecule has 1 aromatic rings.